The first kappa shape index (κ1) is 22.0. The van der Waals surface area contributed by atoms with Crippen LogP contribution in [-0.2, 0) is 7.05 Å². The number of hydrogen-bond donors (Lipinski definition) is 3. The minimum atomic E-state index is -0.630. The second-order valence-corrected chi connectivity index (χ2v) is 7.27. The average Bonchev–Trinajstić information content (AvgIpc) is 3.21. The molecule has 0 aliphatic heterocycles. The van der Waals surface area contributed by atoms with E-state index in [0.717, 1.165) is 6.20 Å². The van der Waals surface area contributed by atoms with Crippen LogP contribution in [0.5, 0.6) is 5.75 Å². The molecule has 2 aromatic carbocycles. The molecule has 2 aromatic heterocycles. The second kappa shape index (κ2) is 9.53. The summed E-state index contributed by atoms with van der Waals surface area (Å²) >= 11 is 6.12. The van der Waals surface area contributed by atoms with E-state index in [0.29, 0.717) is 33.5 Å². The van der Waals surface area contributed by atoms with Gasteiger partial charge in [-0.2, -0.15) is 10.1 Å². The monoisotopic (exact) mass is 467 g/mol. The largest absolute Gasteiger partial charge is 0.495 e. The Morgan fingerprint density at radius 2 is 1.85 bits per heavy atom. The minimum Gasteiger partial charge on any atom is -0.495 e. The Bertz CT molecular complexity index is 1290. The highest BCUT2D eigenvalue weighted by Gasteiger charge is 2.11. The van der Waals surface area contributed by atoms with E-state index in [-0.39, 0.29) is 17.7 Å². The maximum Gasteiger partial charge on any atom is 0.256 e. The van der Waals surface area contributed by atoms with E-state index in [1.165, 1.54) is 7.11 Å². The second-order valence-electron chi connectivity index (χ2n) is 6.86. The first-order valence-electron chi connectivity index (χ1n) is 9.72. The lowest BCUT2D eigenvalue weighted by Gasteiger charge is -2.11. The summed E-state index contributed by atoms with van der Waals surface area (Å²) in [7, 11) is 3.24. The van der Waals surface area contributed by atoms with Crippen molar-refractivity contribution in [2.75, 3.05) is 23.1 Å². The number of carbonyl (C=O) groups excluding carboxylic acids is 1. The molecule has 1 amide bonds. The summed E-state index contributed by atoms with van der Waals surface area (Å²) in [5, 5.41) is 13.0. The summed E-state index contributed by atoms with van der Waals surface area (Å²) in [6, 6.07) is 13.3. The molecule has 168 valence electrons. The Morgan fingerprint density at radius 1 is 1.09 bits per heavy atom. The molecule has 33 heavy (non-hydrogen) atoms. The lowest BCUT2D eigenvalue weighted by Crippen LogP contribution is -2.14. The Balaban J connectivity index is 1.45. The van der Waals surface area contributed by atoms with Crippen molar-refractivity contribution in [1.82, 2.24) is 19.7 Å². The zero-order valence-electron chi connectivity index (χ0n) is 17.6. The fourth-order valence-electron chi connectivity index (χ4n) is 2.91. The number of hydrogen-bond acceptors (Lipinski definition) is 7. The van der Waals surface area contributed by atoms with E-state index in [9.17, 15) is 9.18 Å². The van der Waals surface area contributed by atoms with Gasteiger partial charge in [0.25, 0.3) is 5.91 Å². The number of amides is 1. The van der Waals surface area contributed by atoms with Crippen molar-refractivity contribution in [2.24, 2.45) is 7.05 Å². The van der Waals surface area contributed by atoms with Crippen molar-refractivity contribution >= 4 is 46.5 Å². The van der Waals surface area contributed by atoms with Gasteiger partial charge in [0.2, 0.25) is 5.95 Å². The number of aryl methyl sites for hydroxylation is 1. The summed E-state index contributed by atoms with van der Waals surface area (Å²) in [6.07, 6.45) is 2.65. The van der Waals surface area contributed by atoms with Gasteiger partial charge in [0.05, 0.1) is 24.5 Å². The highest BCUT2D eigenvalue weighted by atomic mass is 35.5. The van der Waals surface area contributed by atoms with Crippen molar-refractivity contribution < 1.29 is 13.9 Å². The maximum atomic E-state index is 14.2. The molecule has 0 radical (unpaired) electrons. The van der Waals surface area contributed by atoms with Crippen LogP contribution in [0.25, 0.3) is 0 Å². The van der Waals surface area contributed by atoms with E-state index in [4.69, 9.17) is 16.3 Å². The van der Waals surface area contributed by atoms with Crippen LogP contribution < -0.4 is 20.7 Å². The average molecular weight is 468 g/mol. The number of benzene rings is 2. The van der Waals surface area contributed by atoms with Crippen LogP contribution >= 0.6 is 11.6 Å². The van der Waals surface area contributed by atoms with Gasteiger partial charge in [-0.1, -0.05) is 11.6 Å². The normalized spacial score (nSPS) is 10.5. The molecule has 2 heterocycles. The zero-order valence-corrected chi connectivity index (χ0v) is 18.4. The molecule has 0 fully saturated rings. The standard InChI is InChI=1S/C22H19ClFN7O2/c1-31-19(9-10-26-31)29-21(32)13-3-5-14(6-4-13)28-22-25-12-17(24)20(30-22)27-15-7-8-18(33-2)16(23)11-15/h3-12H,1-2H3,(H,29,32)(H2,25,27,28,30). The molecule has 0 bridgehead atoms. The number of aromatic nitrogens is 4. The number of ether oxygens (including phenoxy) is 1. The van der Waals surface area contributed by atoms with Crippen molar-refractivity contribution in [3.8, 4) is 5.75 Å². The van der Waals surface area contributed by atoms with Crippen LogP contribution in [0.4, 0.5) is 33.3 Å². The van der Waals surface area contributed by atoms with E-state index >= 15 is 0 Å². The van der Waals surface area contributed by atoms with E-state index < -0.39 is 5.82 Å². The van der Waals surface area contributed by atoms with Crippen molar-refractivity contribution in [2.45, 2.75) is 0 Å². The molecule has 0 saturated heterocycles. The lowest BCUT2D eigenvalue weighted by molar-refractivity contribution is 0.102. The molecule has 3 N–H and O–H groups in total. The van der Waals surface area contributed by atoms with Crippen LogP contribution in [-0.4, -0.2) is 32.8 Å². The van der Waals surface area contributed by atoms with E-state index in [1.54, 1.807) is 66.5 Å². The van der Waals surface area contributed by atoms with E-state index in [2.05, 4.69) is 31.0 Å². The summed E-state index contributed by atoms with van der Waals surface area (Å²) in [5.74, 6) is 0.333. The van der Waals surface area contributed by atoms with Gasteiger partial charge >= 0.3 is 0 Å². The molecule has 0 atom stereocenters. The molecular formula is C22H19ClFN7O2. The summed E-state index contributed by atoms with van der Waals surface area (Å²) in [6.45, 7) is 0. The van der Waals surface area contributed by atoms with Gasteiger partial charge in [-0.3, -0.25) is 9.48 Å². The maximum absolute atomic E-state index is 14.2. The smallest absolute Gasteiger partial charge is 0.256 e. The first-order chi connectivity index (χ1) is 15.9. The third-order valence-corrected chi connectivity index (χ3v) is 4.92. The highest BCUT2D eigenvalue weighted by Crippen LogP contribution is 2.29. The van der Waals surface area contributed by atoms with Crippen LogP contribution in [0.2, 0.25) is 5.02 Å². The number of halogens is 2. The Labute approximate surface area is 193 Å². The van der Waals surface area contributed by atoms with Crippen LogP contribution in [0, 0.1) is 5.82 Å². The molecule has 0 spiro atoms. The molecule has 0 aliphatic carbocycles. The van der Waals surface area contributed by atoms with Gasteiger partial charge in [-0.15, -0.1) is 0 Å². The number of rotatable bonds is 7. The molecule has 11 heteroatoms. The van der Waals surface area contributed by atoms with Gasteiger partial charge < -0.3 is 20.7 Å². The fraction of sp³-hybridized carbons (Fsp3) is 0.0909. The topological polar surface area (TPSA) is 106 Å². The van der Waals surface area contributed by atoms with Gasteiger partial charge in [0.1, 0.15) is 11.6 Å². The van der Waals surface area contributed by atoms with Gasteiger partial charge in [-0.25, -0.2) is 9.37 Å². The number of carbonyl (C=O) groups is 1. The number of anilines is 5. The summed E-state index contributed by atoms with van der Waals surface area (Å²) in [4.78, 5) is 20.5. The predicted octanol–water partition coefficient (Wildman–Crippen LogP) is 4.75. The quantitative estimate of drug-likeness (QED) is 0.360. The van der Waals surface area contributed by atoms with Crippen LogP contribution in [0.3, 0.4) is 0 Å². The molecule has 0 unspecified atom stereocenters. The third kappa shape index (κ3) is 5.18. The number of nitrogens with zero attached hydrogens (tertiary/aromatic N) is 4. The Morgan fingerprint density at radius 3 is 2.52 bits per heavy atom. The third-order valence-electron chi connectivity index (χ3n) is 4.62. The number of methoxy groups -OCH3 is 1. The van der Waals surface area contributed by atoms with Gasteiger partial charge in [0, 0.05) is 30.1 Å². The zero-order chi connectivity index (χ0) is 23.4. The molecule has 0 aliphatic rings. The fourth-order valence-corrected chi connectivity index (χ4v) is 3.17. The molecular weight excluding hydrogens is 449 g/mol. The molecule has 4 aromatic rings. The van der Waals surface area contributed by atoms with Crippen LogP contribution in [0.15, 0.2) is 60.9 Å². The predicted molar refractivity (Wildman–Crippen MR) is 124 cm³/mol. The van der Waals surface area contributed by atoms with Crippen molar-refractivity contribution in [1.29, 1.82) is 0 Å². The Hall–Kier alpha value is -4.18. The SMILES string of the molecule is COc1ccc(Nc2nc(Nc3ccc(C(=O)Nc4ccnn4C)cc3)ncc2F)cc1Cl. The van der Waals surface area contributed by atoms with Crippen LogP contribution in [0.1, 0.15) is 10.4 Å². The lowest BCUT2D eigenvalue weighted by atomic mass is 10.2. The van der Waals surface area contributed by atoms with Gasteiger partial charge in [0.15, 0.2) is 11.6 Å². The summed E-state index contributed by atoms with van der Waals surface area (Å²) < 4.78 is 20.9. The number of nitrogens with one attached hydrogen (secondary N) is 3. The molecule has 9 nitrogen and oxygen atoms in total. The molecule has 4 rings (SSSR count). The highest BCUT2D eigenvalue weighted by molar-refractivity contribution is 6.32. The van der Waals surface area contributed by atoms with E-state index in [1.807, 2.05) is 0 Å². The van der Waals surface area contributed by atoms with Crippen molar-refractivity contribution in [3.05, 3.63) is 77.3 Å². The first-order valence-corrected chi connectivity index (χ1v) is 10.1. The molecule has 0 saturated carbocycles. The van der Waals surface area contributed by atoms with Crippen molar-refractivity contribution in [3.63, 3.8) is 0 Å². The summed E-state index contributed by atoms with van der Waals surface area (Å²) in [5.41, 5.74) is 1.62. The van der Waals surface area contributed by atoms with Gasteiger partial charge in [-0.05, 0) is 42.5 Å². The minimum absolute atomic E-state index is 0.0269. The Kier molecular flexibility index (Phi) is 6.36.